The number of carbonyl (C=O) groups is 1. The summed E-state index contributed by atoms with van der Waals surface area (Å²) in [5.74, 6) is 0. The molecule has 0 aliphatic carbocycles. The number of carbonyl (C=O) groups excluding carboxylic acids is 1. The molecule has 0 bridgehead atoms. The molecule has 0 radical (unpaired) electrons. The fourth-order valence-corrected chi connectivity index (χ4v) is 4.13. The summed E-state index contributed by atoms with van der Waals surface area (Å²) in [6, 6.07) is 10.1. The van der Waals surface area contributed by atoms with Crippen LogP contribution in [0, 0.1) is 0 Å². The minimum atomic E-state index is -0.503. The van der Waals surface area contributed by atoms with Crippen molar-refractivity contribution < 1.29 is 9.53 Å². The highest BCUT2D eigenvalue weighted by atomic mass is 16.6. The highest BCUT2D eigenvalue weighted by molar-refractivity contribution is 5.82. The molecule has 8 nitrogen and oxygen atoms in total. The Morgan fingerprint density at radius 3 is 2.90 bits per heavy atom. The topological polar surface area (TPSA) is 77.5 Å². The predicted molar refractivity (Wildman–Crippen MR) is 118 cm³/mol. The van der Waals surface area contributed by atoms with Crippen molar-refractivity contribution in [1.82, 2.24) is 29.0 Å². The van der Waals surface area contributed by atoms with Crippen molar-refractivity contribution >= 4 is 22.8 Å². The quantitative estimate of drug-likeness (QED) is 0.485. The number of hydrogen-bond acceptors (Lipinski definition) is 5. The molecule has 1 atom stereocenters. The van der Waals surface area contributed by atoms with Crippen molar-refractivity contribution in [2.45, 2.75) is 45.3 Å². The maximum Gasteiger partial charge on any atom is 0.410 e. The number of ether oxygens (including phenoxy) is 1. The number of imidazole rings is 1. The number of piperidine rings is 1. The number of rotatable bonds is 2. The number of hydrogen-bond donors (Lipinski definition) is 0. The van der Waals surface area contributed by atoms with E-state index in [1.165, 1.54) is 0 Å². The molecule has 0 N–H and O–H groups in total. The van der Waals surface area contributed by atoms with Crippen LogP contribution in [0.1, 0.15) is 39.7 Å². The molecule has 4 aromatic heterocycles. The molecule has 5 heterocycles. The molecule has 1 fully saturated rings. The van der Waals surface area contributed by atoms with E-state index in [1.54, 1.807) is 4.90 Å². The van der Waals surface area contributed by atoms with Crippen molar-refractivity contribution in [3.63, 3.8) is 0 Å². The van der Waals surface area contributed by atoms with Gasteiger partial charge in [-0.2, -0.15) is 5.10 Å². The van der Waals surface area contributed by atoms with Gasteiger partial charge in [-0.15, -0.1) is 0 Å². The van der Waals surface area contributed by atoms with Gasteiger partial charge in [-0.05, 0) is 57.9 Å². The number of aromatic nitrogens is 5. The van der Waals surface area contributed by atoms with E-state index in [9.17, 15) is 4.79 Å². The SMILES string of the molecule is CC(C)(C)OC(=O)N1CCCC(n2cnc3ccc(-c4cnn5ccccc45)nc32)C1. The number of amides is 1. The molecule has 1 unspecified atom stereocenters. The molecule has 8 heteroatoms. The average Bonchev–Trinajstić information content (AvgIpc) is 3.36. The van der Waals surface area contributed by atoms with Crippen LogP contribution in [0.15, 0.2) is 49.1 Å². The zero-order valence-electron chi connectivity index (χ0n) is 18.0. The number of fused-ring (bicyclic) bond motifs is 2. The standard InChI is InChI=1S/C23H26N6O2/c1-23(2,3)31-22(30)27-11-6-7-16(14-27)28-15-24-19-10-9-18(26-21(19)28)17-13-25-29-12-5-4-8-20(17)29/h4-5,8-10,12-13,15-16H,6-7,11,14H2,1-3H3. The summed E-state index contributed by atoms with van der Waals surface area (Å²) in [7, 11) is 0. The van der Waals surface area contributed by atoms with Gasteiger partial charge in [0.05, 0.1) is 29.8 Å². The first-order valence-electron chi connectivity index (χ1n) is 10.6. The van der Waals surface area contributed by atoms with E-state index in [-0.39, 0.29) is 12.1 Å². The van der Waals surface area contributed by atoms with Crippen molar-refractivity contribution in [3.8, 4) is 11.3 Å². The first-order chi connectivity index (χ1) is 14.9. The molecule has 0 spiro atoms. The van der Waals surface area contributed by atoms with E-state index in [1.807, 2.05) is 74.3 Å². The van der Waals surface area contributed by atoms with Gasteiger partial charge in [0.25, 0.3) is 0 Å². The van der Waals surface area contributed by atoms with Gasteiger partial charge in [-0.1, -0.05) is 6.07 Å². The van der Waals surface area contributed by atoms with E-state index in [4.69, 9.17) is 9.72 Å². The minimum Gasteiger partial charge on any atom is -0.444 e. The first kappa shape index (κ1) is 19.5. The van der Waals surface area contributed by atoms with Crippen LogP contribution in [-0.4, -0.2) is 53.8 Å². The van der Waals surface area contributed by atoms with Crippen LogP contribution in [0.4, 0.5) is 4.79 Å². The molecule has 0 aromatic carbocycles. The Kier molecular flexibility index (Phi) is 4.64. The summed E-state index contributed by atoms with van der Waals surface area (Å²) in [6.07, 6.45) is 7.22. The van der Waals surface area contributed by atoms with Crippen LogP contribution in [-0.2, 0) is 4.74 Å². The highest BCUT2D eigenvalue weighted by Crippen LogP contribution is 2.29. The summed E-state index contributed by atoms with van der Waals surface area (Å²) in [6.45, 7) is 6.97. The second-order valence-electron chi connectivity index (χ2n) is 9.00. The molecular formula is C23H26N6O2. The molecule has 1 amide bonds. The number of pyridine rings is 2. The Morgan fingerprint density at radius 2 is 2.06 bits per heavy atom. The third-order valence-corrected chi connectivity index (χ3v) is 5.56. The molecular weight excluding hydrogens is 392 g/mol. The minimum absolute atomic E-state index is 0.109. The van der Waals surface area contributed by atoms with Crippen LogP contribution in [0.25, 0.3) is 27.9 Å². The van der Waals surface area contributed by atoms with Gasteiger partial charge in [-0.25, -0.2) is 19.3 Å². The highest BCUT2D eigenvalue weighted by Gasteiger charge is 2.29. The van der Waals surface area contributed by atoms with Gasteiger partial charge in [-0.3, -0.25) is 0 Å². The van der Waals surface area contributed by atoms with Crippen LogP contribution >= 0.6 is 0 Å². The van der Waals surface area contributed by atoms with Gasteiger partial charge in [0.15, 0.2) is 5.65 Å². The van der Waals surface area contributed by atoms with Crippen LogP contribution in [0.2, 0.25) is 0 Å². The van der Waals surface area contributed by atoms with Gasteiger partial charge < -0.3 is 14.2 Å². The summed E-state index contributed by atoms with van der Waals surface area (Å²) in [4.78, 5) is 23.9. The van der Waals surface area contributed by atoms with Crippen LogP contribution in [0.3, 0.4) is 0 Å². The zero-order chi connectivity index (χ0) is 21.6. The number of nitrogens with zero attached hydrogens (tertiary/aromatic N) is 6. The first-order valence-corrected chi connectivity index (χ1v) is 10.6. The lowest BCUT2D eigenvalue weighted by molar-refractivity contribution is 0.0174. The van der Waals surface area contributed by atoms with E-state index in [0.717, 1.165) is 40.8 Å². The van der Waals surface area contributed by atoms with Gasteiger partial charge >= 0.3 is 6.09 Å². The lowest BCUT2D eigenvalue weighted by atomic mass is 10.1. The van der Waals surface area contributed by atoms with E-state index in [2.05, 4.69) is 14.6 Å². The van der Waals surface area contributed by atoms with E-state index in [0.29, 0.717) is 13.1 Å². The summed E-state index contributed by atoms with van der Waals surface area (Å²) < 4.78 is 9.52. The largest absolute Gasteiger partial charge is 0.444 e. The second kappa shape index (κ2) is 7.37. The average molecular weight is 419 g/mol. The third kappa shape index (κ3) is 3.73. The molecule has 5 rings (SSSR count). The Bertz CT molecular complexity index is 1250. The maximum absolute atomic E-state index is 12.6. The second-order valence-corrected chi connectivity index (χ2v) is 9.00. The Balaban J connectivity index is 1.46. The molecule has 1 aliphatic rings. The summed E-state index contributed by atoms with van der Waals surface area (Å²) >= 11 is 0. The van der Waals surface area contributed by atoms with Gasteiger partial charge in [0.2, 0.25) is 0 Å². The molecule has 31 heavy (non-hydrogen) atoms. The third-order valence-electron chi connectivity index (χ3n) is 5.56. The monoisotopic (exact) mass is 418 g/mol. The normalized spacial score (nSPS) is 17.4. The fraction of sp³-hybridized carbons (Fsp3) is 0.391. The number of likely N-dealkylation sites (tertiary alicyclic amines) is 1. The predicted octanol–water partition coefficient (Wildman–Crippen LogP) is 4.32. The Morgan fingerprint density at radius 1 is 1.19 bits per heavy atom. The Labute approximate surface area is 180 Å². The van der Waals surface area contributed by atoms with Gasteiger partial charge in [0.1, 0.15) is 11.1 Å². The molecule has 0 saturated carbocycles. The van der Waals surface area contributed by atoms with Crippen LogP contribution in [0.5, 0.6) is 0 Å². The molecule has 1 saturated heterocycles. The van der Waals surface area contributed by atoms with Crippen molar-refractivity contribution in [2.75, 3.05) is 13.1 Å². The molecule has 160 valence electrons. The smallest absolute Gasteiger partial charge is 0.410 e. The zero-order valence-corrected chi connectivity index (χ0v) is 18.0. The summed E-state index contributed by atoms with van der Waals surface area (Å²) in [5, 5.41) is 4.43. The lowest BCUT2D eigenvalue weighted by Crippen LogP contribution is -2.43. The van der Waals surface area contributed by atoms with Crippen LogP contribution < -0.4 is 0 Å². The van der Waals surface area contributed by atoms with E-state index < -0.39 is 5.60 Å². The lowest BCUT2D eigenvalue weighted by Gasteiger charge is -2.34. The van der Waals surface area contributed by atoms with Crippen molar-refractivity contribution in [1.29, 1.82) is 0 Å². The van der Waals surface area contributed by atoms with E-state index >= 15 is 0 Å². The fourth-order valence-electron chi connectivity index (χ4n) is 4.13. The Hall–Kier alpha value is -3.42. The molecule has 4 aromatic rings. The maximum atomic E-state index is 12.6. The summed E-state index contributed by atoms with van der Waals surface area (Å²) in [5.41, 5.74) is 4.01. The van der Waals surface area contributed by atoms with Crippen molar-refractivity contribution in [2.24, 2.45) is 0 Å². The van der Waals surface area contributed by atoms with Gasteiger partial charge in [0, 0.05) is 24.8 Å². The van der Waals surface area contributed by atoms with Crippen molar-refractivity contribution in [3.05, 3.63) is 49.1 Å². The molecule has 1 aliphatic heterocycles.